The minimum absolute atomic E-state index is 0.597. The molecular weight excluding hydrogens is 189 g/mol. The number of hydrogen-bond acceptors (Lipinski definition) is 2. The Labute approximate surface area is 73.6 Å². The lowest BCUT2D eigenvalue weighted by atomic mass is 10.4. The molecule has 0 aliphatic rings. The second kappa shape index (κ2) is 3.49. The van der Waals surface area contributed by atoms with Crippen molar-refractivity contribution in [2.24, 2.45) is 5.14 Å². The number of benzene rings is 1. The van der Waals surface area contributed by atoms with E-state index in [0.717, 1.165) is 16.8 Å². The highest BCUT2D eigenvalue weighted by Crippen LogP contribution is 2.26. The van der Waals surface area contributed by atoms with Gasteiger partial charge >= 0.3 is 0 Å². The largest absolute Gasteiger partial charge is 0.274 e. The van der Waals surface area contributed by atoms with Crippen molar-refractivity contribution in [1.29, 1.82) is 0 Å². The van der Waals surface area contributed by atoms with Crippen molar-refractivity contribution in [1.82, 2.24) is 0 Å². The van der Waals surface area contributed by atoms with E-state index in [9.17, 15) is 0 Å². The predicted octanol–water partition coefficient (Wildman–Crippen LogP) is 2.96. The maximum absolute atomic E-state index is 5.74. The molecular formula is C6H5Cl2NS. The summed E-state index contributed by atoms with van der Waals surface area (Å²) >= 11 is 12.5. The zero-order valence-electron chi connectivity index (χ0n) is 4.97. The summed E-state index contributed by atoms with van der Waals surface area (Å²) in [6.45, 7) is 0. The average molecular weight is 194 g/mol. The molecule has 2 N–H and O–H groups in total. The zero-order valence-corrected chi connectivity index (χ0v) is 7.30. The van der Waals surface area contributed by atoms with Gasteiger partial charge < -0.3 is 0 Å². The van der Waals surface area contributed by atoms with Crippen molar-refractivity contribution in [3.63, 3.8) is 0 Å². The topological polar surface area (TPSA) is 26.0 Å². The fourth-order valence-corrected chi connectivity index (χ4v) is 1.43. The lowest BCUT2D eigenvalue weighted by molar-refractivity contribution is 1.46. The summed E-state index contributed by atoms with van der Waals surface area (Å²) in [5.74, 6) is 0. The van der Waals surface area contributed by atoms with Crippen LogP contribution in [0.5, 0.6) is 0 Å². The first-order valence-corrected chi connectivity index (χ1v) is 4.19. The van der Waals surface area contributed by atoms with E-state index < -0.39 is 0 Å². The smallest absolute Gasteiger partial charge is 0.0569 e. The molecule has 0 radical (unpaired) electrons. The lowest BCUT2D eigenvalue weighted by Gasteiger charge is -1.97. The summed E-state index contributed by atoms with van der Waals surface area (Å²) in [5.41, 5.74) is 0. The van der Waals surface area contributed by atoms with Crippen LogP contribution in [0.25, 0.3) is 0 Å². The Kier molecular flexibility index (Phi) is 2.86. The van der Waals surface area contributed by atoms with Crippen molar-refractivity contribution >= 4 is 35.1 Å². The van der Waals surface area contributed by atoms with Crippen molar-refractivity contribution in [3.05, 3.63) is 28.2 Å². The van der Waals surface area contributed by atoms with Crippen LogP contribution in [0.3, 0.4) is 0 Å². The monoisotopic (exact) mass is 193 g/mol. The molecule has 1 aromatic rings. The van der Waals surface area contributed by atoms with Crippen molar-refractivity contribution < 1.29 is 0 Å². The quantitative estimate of drug-likeness (QED) is 0.695. The normalized spacial score (nSPS) is 9.90. The summed E-state index contributed by atoms with van der Waals surface area (Å²) < 4.78 is 0. The van der Waals surface area contributed by atoms with Crippen LogP contribution in [0, 0.1) is 0 Å². The number of nitrogens with two attached hydrogens (primary N) is 1. The molecule has 0 saturated heterocycles. The van der Waals surface area contributed by atoms with Gasteiger partial charge in [0.25, 0.3) is 0 Å². The van der Waals surface area contributed by atoms with Crippen molar-refractivity contribution in [2.45, 2.75) is 4.90 Å². The predicted molar refractivity (Wildman–Crippen MR) is 46.5 cm³/mol. The van der Waals surface area contributed by atoms with Crippen LogP contribution in [0.15, 0.2) is 23.1 Å². The SMILES string of the molecule is NSc1ccc(Cl)cc1Cl. The molecule has 1 rings (SSSR count). The Morgan fingerprint density at radius 3 is 2.50 bits per heavy atom. The molecule has 0 aliphatic heterocycles. The van der Waals surface area contributed by atoms with E-state index in [4.69, 9.17) is 28.3 Å². The Morgan fingerprint density at radius 2 is 2.00 bits per heavy atom. The first-order valence-electron chi connectivity index (χ1n) is 2.56. The third-order valence-electron chi connectivity index (χ3n) is 1.02. The van der Waals surface area contributed by atoms with Crippen LogP contribution < -0.4 is 5.14 Å². The molecule has 0 unspecified atom stereocenters. The van der Waals surface area contributed by atoms with Crippen LogP contribution in [-0.2, 0) is 0 Å². The molecule has 0 heterocycles. The molecule has 0 bridgehead atoms. The van der Waals surface area contributed by atoms with Gasteiger partial charge in [0.05, 0.1) is 5.02 Å². The minimum Gasteiger partial charge on any atom is -0.274 e. The molecule has 0 fully saturated rings. The lowest BCUT2D eigenvalue weighted by Crippen LogP contribution is -1.79. The van der Waals surface area contributed by atoms with Crippen molar-refractivity contribution in [2.75, 3.05) is 0 Å². The molecule has 0 amide bonds. The van der Waals surface area contributed by atoms with Crippen LogP contribution in [0.2, 0.25) is 10.0 Å². The second-order valence-corrected chi connectivity index (χ2v) is 3.21. The summed E-state index contributed by atoms with van der Waals surface area (Å²) in [5, 5.41) is 6.51. The average Bonchev–Trinajstić information content (AvgIpc) is 1.88. The van der Waals surface area contributed by atoms with E-state index in [1.54, 1.807) is 18.2 Å². The van der Waals surface area contributed by atoms with Crippen LogP contribution in [-0.4, -0.2) is 0 Å². The number of rotatable bonds is 1. The summed E-state index contributed by atoms with van der Waals surface area (Å²) in [4.78, 5) is 0.839. The van der Waals surface area contributed by atoms with Gasteiger partial charge in [-0.25, -0.2) is 0 Å². The molecule has 1 aromatic carbocycles. The van der Waals surface area contributed by atoms with Crippen LogP contribution >= 0.6 is 35.1 Å². The molecule has 0 aromatic heterocycles. The van der Waals surface area contributed by atoms with E-state index in [0.29, 0.717) is 10.0 Å². The van der Waals surface area contributed by atoms with Gasteiger partial charge in [0, 0.05) is 9.92 Å². The Bertz CT molecular complexity index is 239. The molecule has 0 spiro atoms. The molecule has 0 saturated carbocycles. The summed E-state index contributed by atoms with van der Waals surface area (Å²) in [7, 11) is 0. The number of hydrogen-bond donors (Lipinski definition) is 1. The van der Waals surface area contributed by atoms with Crippen molar-refractivity contribution in [3.8, 4) is 0 Å². The van der Waals surface area contributed by atoms with E-state index in [1.165, 1.54) is 0 Å². The van der Waals surface area contributed by atoms with E-state index in [-0.39, 0.29) is 0 Å². The first-order chi connectivity index (χ1) is 4.74. The summed E-state index contributed by atoms with van der Waals surface area (Å²) in [6, 6.07) is 5.20. The van der Waals surface area contributed by atoms with Gasteiger partial charge in [0.1, 0.15) is 0 Å². The molecule has 0 atom stereocenters. The molecule has 0 aliphatic carbocycles. The highest BCUT2D eigenvalue weighted by atomic mass is 35.5. The Balaban J connectivity index is 3.07. The molecule has 4 heteroatoms. The third kappa shape index (κ3) is 1.80. The van der Waals surface area contributed by atoms with Gasteiger partial charge in [-0.05, 0) is 30.1 Å². The zero-order chi connectivity index (χ0) is 7.56. The van der Waals surface area contributed by atoms with Crippen LogP contribution in [0.1, 0.15) is 0 Å². The van der Waals surface area contributed by atoms with Gasteiger partial charge in [-0.2, -0.15) is 0 Å². The Morgan fingerprint density at radius 1 is 1.30 bits per heavy atom. The first kappa shape index (κ1) is 8.21. The maximum atomic E-state index is 5.74. The van der Waals surface area contributed by atoms with E-state index >= 15 is 0 Å². The Hall–Kier alpha value is 0.110. The van der Waals surface area contributed by atoms with E-state index in [2.05, 4.69) is 0 Å². The molecule has 10 heavy (non-hydrogen) atoms. The van der Waals surface area contributed by atoms with Gasteiger partial charge in [-0.1, -0.05) is 23.2 Å². The standard InChI is InChI=1S/C6H5Cl2NS/c7-4-1-2-6(10-9)5(8)3-4/h1-3H,9H2. The van der Waals surface area contributed by atoms with Gasteiger partial charge in [-0.15, -0.1) is 0 Å². The summed E-state index contributed by atoms with van der Waals surface area (Å²) in [6.07, 6.45) is 0. The maximum Gasteiger partial charge on any atom is 0.0569 e. The van der Waals surface area contributed by atoms with E-state index in [1.807, 2.05) is 0 Å². The van der Waals surface area contributed by atoms with Gasteiger partial charge in [0.2, 0.25) is 0 Å². The third-order valence-corrected chi connectivity index (χ3v) is 2.29. The van der Waals surface area contributed by atoms with Gasteiger partial charge in [-0.3, -0.25) is 5.14 Å². The minimum atomic E-state index is 0.597. The second-order valence-electron chi connectivity index (χ2n) is 1.69. The fourth-order valence-electron chi connectivity index (χ4n) is 0.571. The highest BCUT2D eigenvalue weighted by molar-refractivity contribution is 7.97. The molecule has 1 nitrogen and oxygen atoms in total. The van der Waals surface area contributed by atoms with Crippen LogP contribution in [0.4, 0.5) is 0 Å². The highest BCUT2D eigenvalue weighted by Gasteiger charge is 1.97. The van der Waals surface area contributed by atoms with Gasteiger partial charge in [0.15, 0.2) is 0 Å². The fraction of sp³-hybridized carbons (Fsp3) is 0. The number of halogens is 2. The molecule has 54 valence electrons.